The zero-order valence-corrected chi connectivity index (χ0v) is 7.84. The number of nitrogens with zero attached hydrogens (tertiary/aromatic N) is 1. The summed E-state index contributed by atoms with van der Waals surface area (Å²) in [6.45, 7) is 1.93. The fourth-order valence-corrected chi connectivity index (χ4v) is 1.21. The van der Waals surface area contributed by atoms with Crippen LogP contribution in [0.2, 0.25) is 0 Å². The molecule has 1 heterocycles. The van der Waals surface area contributed by atoms with Crippen LogP contribution in [0.3, 0.4) is 0 Å². The second kappa shape index (κ2) is 4.39. The number of morpholine rings is 1. The normalized spacial score (nSPS) is 24.4. The smallest absolute Gasteiger partial charge is 0.315 e. The van der Waals surface area contributed by atoms with Crippen LogP contribution in [0.5, 0.6) is 0 Å². The number of ether oxygens (including phenoxy) is 1. The molecule has 1 amide bonds. The molecule has 2 unspecified atom stereocenters. The minimum absolute atomic E-state index is 0.0381. The van der Waals surface area contributed by atoms with Crippen LogP contribution in [0.4, 0.5) is 0 Å². The number of carbonyl (C=O) groups is 2. The summed E-state index contributed by atoms with van der Waals surface area (Å²) in [4.78, 5) is 23.3. The van der Waals surface area contributed by atoms with Gasteiger partial charge in [-0.3, -0.25) is 9.59 Å². The Bertz CT molecular complexity index is 242. The van der Waals surface area contributed by atoms with Gasteiger partial charge in [0.25, 0.3) is 0 Å². The fourth-order valence-electron chi connectivity index (χ4n) is 1.21. The van der Waals surface area contributed by atoms with Gasteiger partial charge in [0, 0.05) is 6.54 Å². The molecule has 14 heavy (non-hydrogen) atoms. The van der Waals surface area contributed by atoms with E-state index in [0.29, 0.717) is 6.54 Å². The Balaban J connectivity index is 2.55. The quantitative estimate of drug-likeness (QED) is 0.555. The van der Waals surface area contributed by atoms with Gasteiger partial charge in [0.2, 0.25) is 5.91 Å². The van der Waals surface area contributed by atoms with E-state index in [9.17, 15) is 9.59 Å². The molecule has 1 aliphatic heterocycles. The third-order valence-electron chi connectivity index (χ3n) is 2.10. The predicted octanol–water partition coefficient (Wildman–Crippen LogP) is -1.12. The summed E-state index contributed by atoms with van der Waals surface area (Å²) in [6, 6.07) is 0. The van der Waals surface area contributed by atoms with Crippen LogP contribution >= 0.6 is 0 Å². The number of carboxylic acid groups (broad SMARTS) is 1. The van der Waals surface area contributed by atoms with Gasteiger partial charge in [-0.15, -0.1) is 0 Å². The zero-order chi connectivity index (χ0) is 10.7. The highest BCUT2D eigenvalue weighted by Gasteiger charge is 2.29. The van der Waals surface area contributed by atoms with Crippen molar-refractivity contribution in [3.63, 3.8) is 0 Å². The molecule has 0 aliphatic carbocycles. The molecular formula is C8H13NO5. The molecule has 0 aromatic heterocycles. The summed E-state index contributed by atoms with van der Waals surface area (Å²) >= 11 is 0. The lowest BCUT2D eigenvalue weighted by molar-refractivity contribution is -0.170. The van der Waals surface area contributed by atoms with Gasteiger partial charge < -0.3 is 19.8 Å². The summed E-state index contributed by atoms with van der Waals surface area (Å²) in [5, 5.41) is 17.7. The first-order valence-corrected chi connectivity index (χ1v) is 4.33. The molecule has 1 saturated heterocycles. The summed E-state index contributed by atoms with van der Waals surface area (Å²) in [5.41, 5.74) is 0. The monoisotopic (exact) mass is 203 g/mol. The van der Waals surface area contributed by atoms with Gasteiger partial charge in [-0.1, -0.05) is 0 Å². The maximum absolute atomic E-state index is 11.5. The zero-order valence-electron chi connectivity index (χ0n) is 7.84. The fraction of sp³-hybridized carbons (Fsp3) is 0.750. The van der Waals surface area contributed by atoms with E-state index in [-0.39, 0.29) is 13.2 Å². The number of carbonyl (C=O) groups excluding carboxylic acids is 1. The highest BCUT2D eigenvalue weighted by molar-refractivity contribution is 5.96. The molecule has 6 nitrogen and oxygen atoms in total. The second-order valence-corrected chi connectivity index (χ2v) is 3.17. The van der Waals surface area contributed by atoms with Crippen molar-refractivity contribution in [1.82, 2.24) is 4.90 Å². The average Bonchev–Trinajstić information content (AvgIpc) is 2.15. The van der Waals surface area contributed by atoms with E-state index in [2.05, 4.69) is 0 Å². The first-order chi connectivity index (χ1) is 6.52. The van der Waals surface area contributed by atoms with Crippen molar-refractivity contribution < 1.29 is 24.5 Å². The third-order valence-corrected chi connectivity index (χ3v) is 2.10. The summed E-state index contributed by atoms with van der Waals surface area (Å²) in [7, 11) is 0. The van der Waals surface area contributed by atoms with Crippen LogP contribution in [0.25, 0.3) is 0 Å². The van der Waals surface area contributed by atoms with Crippen LogP contribution in [0.1, 0.15) is 6.92 Å². The minimum atomic E-state index is -1.16. The molecule has 2 N–H and O–H groups in total. The van der Waals surface area contributed by atoms with E-state index in [0.717, 1.165) is 0 Å². The molecule has 1 fully saturated rings. The first kappa shape index (κ1) is 10.9. The minimum Gasteiger partial charge on any atom is -0.481 e. The van der Waals surface area contributed by atoms with E-state index < -0.39 is 24.1 Å². The largest absolute Gasteiger partial charge is 0.481 e. The van der Waals surface area contributed by atoms with Crippen LogP contribution in [0.15, 0.2) is 0 Å². The Kier molecular flexibility index (Phi) is 3.43. The summed E-state index contributed by atoms with van der Waals surface area (Å²) in [5.74, 6) is -2.71. The van der Waals surface area contributed by atoms with Gasteiger partial charge in [0.1, 0.15) is 5.92 Å². The number of aliphatic hydroxyl groups excluding tert-OH is 1. The van der Waals surface area contributed by atoms with Gasteiger partial charge in [-0.2, -0.15) is 0 Å². The Labute approximate surface area is 81.1 Å². The second-order valence-electron chi connectivity index (χ2n) is 3.17. The van der Waals surface area contributed by atoms with E-state index in [1.54, 1.807) is 0 Å². The van der Waals surface area contributed by atoms with Crippen molar-refractivity contribution in [2.24, 2.45) is 5.92 Å². The molecule has 1 aliphatic rings. The van der Waals surface area contributed by atoms with Crippen molar-refractivity contribution >= 4 is 11.9 Å². The molecule has 0 saturated carbocycles. The number of aliphatic hydroxyl groups is 1. The Hall–Kier alpha value is -1.14. The lowest BCUT2D eigenvalue weighted by Gasteiger charge is -2.31. The van der Waals surface area contributed by atoms with Crippen LogP contribution in [0, 0.1) is 5.92 Å². The molecule has 0 aromatic rings. The van der Waals surface area contributed by atoms with Gasteiger partial charge in [0.05, 0.1) is 13.2 Å². The number of hydrogen-bond acceptors (Lipinski definition) is 4. The van der Waals surface area contributed by atoms with Crippen LogP contribution < -0.4 is 0 Å². The molecule has 0 aromatic carbocycles. The highest BCUT2D eigenvalue weighted by atomic mass is 16.6. The van der Waals surface area contributed by atoms with Crippen molar-refractivity contribution in [2.45, 2.75) is 13.2 Å². The molecule has 1 rings (SSSR count). The number of carboxylic acids is 1. The maximum Gasteiger partial charge on any atom is 0.315 e. The molecule has 2 atom stereocenters. The average molecular weight is 203 g/mol. The number of aliphatic carboxylic acids is 1. The topological polar surface area (TPSA) is 87.1 Å². The van der Waals surface area contributed by atoms with E-state index in [4.69, 9.17) is 14.9 Å². The number of rotatable bonds is 2. The van der Waals surface area contributed by atoms with Gasteiger partial charge >= 0.3 is 5.97 Å². The van der Waals surface area contributed by atoms with Crippen molar-refractivity contribution in [2.75, 3.05) is 19.7 Å². The van der Waals surface area contributed by atoms with Gasteiger partial charge in [0.15, 0.2) is 6.29 Å². The third kappa shape index (κ3) is 2.43. The molecule has 0 bridgehead atoms. The molecule has 6 heteroatoms. The van der Waals surface area contributed by atoms with Crippen molar-refractivity contribution in [3.8, 4) is 0 Å². The van der Waals surface area contributed by atoms with Crippen LogP contribution in [-0.4, -0.2) is 53.0 Å². The van der Waals surface area contributed by atoms with E-state index >= 15 is 0 Å². The predicted molar refractivity (Wildman–Crippen MR) is 45.3 cm³/mol. The van der Waals surface area contributed by atoms with E-state index in [1.165, 1.54) is 11.8 Å². The molecule has 0 spiro atoms. The SMILES string of the molecule is CC(C(=O)O)C(=O)N1CCOC(O)C1. The Morgan fingerprint density at radius 3 is 2.71 bits per heavy atom. The Morgan fingerprint density at radius 1 is 1.57 bits per heavy atom. The van der Waals surface area contributed by atoms with Gasteiger partial charge in [-0.25, -0.2) is 0 Å². The van der Waals surface area contributed by atoms with Crippen LogP contribution in [-0.2, 0) is 14.3 Å². The lowest BCUT2D eigenvalue weighted by Crippen LogP contribution is -2.48. The number of amides is 1. The van der Waals surface area contributed by atoms with Crippen molar-refractivity contribution in [3.05, 3.63) is 0 Å². The molecule has 80 valence electrons. The van der Waals surface area contributed by atoms with Gasteiger partial charge in [-0.05, 0) is 6.92 Å². The number of β-amino-alcohol motifs (C(OH)–C–C–N with tert-alkyl or cyclic N) is 1. The first-order valence-electron chi connectivity index (χ1n) is 4.33. The maximum atomic E-state index is 11.5. The molecular weight excluding hydrogens is 190 g/mol. The number of hydrogen-bond donors (Lipinski definition) is 2. The standard InChI is InChI=1S/C8H13NO5/c1-5(8(12)13)7(11)9-2-3-14-6(10)4-9/h5-6,10H,2-4H2,1H3,(H,12,13). The summed E-state index contributed by atoms with van der Waals surface area (Å²) in [6.07, 6.45) is -1.01. The Morgan fingerprint density at radius 2 is 2.21 bits per heavy atom. The lowest BCUT2D eigenvalue weighted by atomic mass is 10.1. The van der Waals surface area contributed by atoms with Crippen molar-refractivity contribution in [1.29, 1.82) is 0 Å². The highest BCUT2D eigenvalue weighted by Crippen LogP contribution is 2.08. The molecule has 0 radical (unpaired) electrons. The summed E-state index contributed by atoms with van der Waals surface area (Å²) < 4.78 is 4.81. The van der Waals surface area contributed by atoms with E-state index in [1.807, 2.05) is 0 Å².